The number of hydrogen-bond acceptors (Lipinski definition) is 2. The number of benzene rings is 2. The second kappa shape index (κ2) is 5.54. The van der Waals surface area contributed by atoms with Crippen LogP contribution in [-0.4, -0.2) is 12.2 Å². The number of aliphatic hydroxyl groups excluding tert-OH is 1. The lowest BCUT2D eigenvalue weighted by Gasteiger charge is -2.15. The summed E-state index contributed by atoms with van der Waals surface area (Å²) in [5, 5.41) is 10.1. The fourth-order valence-electron chi connectivity index (χ4n) is 1.97. The molecule has 2 nitrogen and oxygen atoms in total. The van der Waals surface area contributed by atoms with Gasteiger partial charge in [-0.25, -0.2) is 13.2 Å². The first-order valence-electron chi connectivity index (χ1n) is 5.91. The molecule has 0 radical (unpaired) electrons. The number of aryl methyl sites for hydroxylation is 1. The maximum Gasteiger partial charge on any atom is 0.135 e. The van der Waals surface area contributed by atoms with Crippen molar-refractivity contribution in [3.8, 4) is 5.75 Å². The molecule has 0 spiro atoms. The van der Waals surface area contributed by atoms with Gasteiger partial charge in [0.05, 0.1) is 12.7 Å². The molecule has 0 saturated carbocycles. The van der Waals surface area contributed by atoms with Crippen molar-refractivity contribution in [3.63, 3.8) is 0 Å². The topological polar surface area (TPSA) is 29.5 Å². The fraction of sp³-hybridized carbons (Fsp3) is 0.200. The third-order valence-electron chi connectivity index (χ3n) is 3.01. The Balaban J connectivity index is 2.53. The summed E-state index contributed by atoms with van der Waals surface area (Å²) in [6.45, 7) is 1.69. The second-order valence-electron chi connectivity index (χ2n) is 4.43. The van der Waals surface area contributed by atoms with Crippen LogP contribution in [0.15, 0.2) is 30.3 Å². The fourth-order valence-corrected chi connectivity index (χ4v) is 1.97. The summed E-state index contributed by atoms with van der Waals surface area (Å²) in [5.41, 5.74) is -0.0990. The van der Waals surface area contributed by atoms with Gasteiger partial charge in [-0.3, -0.25) is 0 Å². The third kappa shape index (κ3) is 2.63. The third-order valence-corrected chi connectivity index (χ3v) is 3.01. The van der Waals surface area contributed by atoms with E-state index in [0.29, 0.717) is 5.56 Å². The zero-order valence-electron chi connectivity index (χ0n) is 11.0. The molecule has 0 fully saturated rings. The second-order valence-corrected chi connectivity index (χ2v) is 4.43. The highest BCUT2D eigenvalue weighted by atomic mass is 19.1. The zero-order valence-corrected chi connectivity index (χ0v) is 11.0. The number of ether oxygens (including phenoxy) is 1. The van der Waals surface area contributed by atoms with Crippen LogP contribution in [-0.2, 0) is 0 Å². The zero-order chi connectivity index (χ0) is 14.9. The summed E-state index contributed by atoms with van der Waals surface area (Å²) in [7, 11) is 1.27. The minimum Gasteiger partial charge on any atom is -0.497 e. The summed E-state index contributed by atoms with van der Waals surface area (Å²) in [4.78, 5) is 0. The van der Waals surface area contributed by atoms with Gasteiger partial charge in [-0.2, -0.15) is 0 Å². The first-order chi connectivity index (χ1) is 9.43. The molecule has 0 aliphatic rings. The first kappa shape index (κ1) is 14.4. The minimum absolute atomic E-state index is 0.0133. The van der Waals surface area contributed by atoms with Gasteiger partial charge < -0.3 is 9.84 Å². The van der Waals surface area contributed by atoms with Gasteiger partial charge >= 0.3 is 0 Å². The van der Waals surface area contributed by atoms with Crippen molar-refractivity contribution in [2.24, 2.45) is 0 Å². The summed E-state index contributed by atoms with van der Waals surface area (Å²) in [6, 6.07) is 5.88. The Hall–Kier alpha value is -2.01. The standard InChI is InChI=1S/C15H13F3O2/c1-8-3-4-11(16)10(5-8)15(19)14-12(17)6-9(20-2)7-13(14)18/h3-7,15,19H,1-2H3. The maximum atomic E-state index is 13.9. The van der Waals surface area contributed by atoms with Crippen LogP contribution >= 0.6 is 0 Å². The van der Waals surface area contributed by atoms with E-state index in [0.717, 1.165) is 18.2 Å². The van der Waals surface area contributed by atoms with Crippen LogP contribution in [0, 0.1) is 24.4 Å². The van der Waals surface area contributed by atoms with Crippen LogP contribution in [0.1, 0.15) is 22.8 Å². The molecule has 1 unspecified atom stereocenters. The number of hydrogen-bond donors (Lipinski definition) is 1. The molecular formula is C15H13F3O2. The largest absolute Gasteiger partial charge is 0.497 e. The highest BCUT2D eigenvalue weighted by Gasteiger charge is 2.23. The summed E-state index contributed by atoms with van der Waals surface area (Å²) < 4.78 is 46.1. The van der Waals surface area contributed by atoms with E-state index in [9.17, 15) is 18.3 Å². The minimum atomic E-state index is -1.72. The van der Waals surface area contributed by atoms with Crippen molar-refractivity contribution in [3.05, 3.63) is 64.5 Å². The van der Waals surface area contributed by atoms with E-state index in [1.165, 1.54) is 19.2 Å². The molecule has 1 atom stereocenters. The first-order valence-corrected chi connectivity index (χ1v) is 5.91. The number of aliphatic hydroxyl groups is 1. The van der Waals surface area contributed by atoms with Crippen molar-refractivity contribution in [1.29, 1.82) is 0 Å². The molecular weight excluding hydrogens is 269 g/mol. The predicted molar refractivity (Wildman–Crippen MR) is 68.1 cm³/mol. The van der Waals surface area contributed by atoms with Gasteiger partial charge in [-0.05, 0) is 13.0 Å². The van der Waals surface area contributed by atoms with Gasteiger partial charge in [0, 0.05) is 17.7 Å². The quantitative estimate of drug-likeness (QED) is 0.933. The lowest BCUT2D eigenvalue weighted by molar-refractivity contribution is 0.203. The monoisotopic (exact) mass is 282 g/mol. The summed E-state index contributed by atoms with van der Waals surface area (Å²) in [5.74, 6) is -2.72. The van der Waals surface area contributed by atoms with E-state index >= 15 is 0 Å². The smallest absolute Gasteiger partial charge is 0.135 e. The highest BCUT2D eigenvalue weighted by Crippen LogP contribution is 2.31. The lowest BCUT2D eigenvalue weighted by Crippen LogP contribution is -2.08. The van der Waals surface area contributed by atoms with E-state index in [4.69, 9.17) is 4.74 Å². The van der Waals surface area contributed by atoms with E-state index in [1.54, 1.807) is 6.92 Å². The Kier molecular flexibility index (Phi) is 3.99. The Morgan fingerprint density at radius 1 is 1.00 bits per heavy atom. The molecule has 2 aromatic rings. The maximum absolute atomic E-state index is 13.9. The molecule has 0 saturated heterocycles. The van der Waals surface area contributed by atoms with Crippen molar-refractivity contribution in [1.82, 2.24) is 0 Å². The van der Waals surface area contributed by atoms with Gasteiger partial charge in [-0.15, -0.1) is 0 Å². The number of methoxy groups -OCH3 is 1. The lowest BCUT2D eigenvalue weighted by atomic mass is 9.98. The molecule has 20 heavy (non-hydrogen) atoms. The Labute approximate surface area is 114 Å². The number of halogens is 3. The molecule has 0 bridgehead atoms. The summed E-state index contributed by atoms with van der Waals surface area (Å²) >= 11 is 0. The van der Waals surface area contributed by atoms with Crippen molar-refractivity contribution in [2.45, 2.75) is 13.0 Å². The van der Waals surface area contributed by atoms with E-state index < -0.39 is 29.1 Å². The molecule has 2 rings (SSSR count). The molecule has 0 aromatic heterocycles. The van der Waals surface area contributed by atoms with Gasteiger partial charge in [0.2, 0.25) is 0 Å². The summed E-state index contributed by atoms with van der Waals surface area (Å²) in [6.07, 6.45) is -1.72. The van der Waals surface area contributed by atoms with Crippen LogP contribution < -0.4 is 4.74 Å². The Bertz CT molecular complexity index is 618. The molecule has 0 aliphatic carbocycles. The van der Waals surface area contributed by atoms with Gasteiger partial charge in [0.25, 0.3) is 0 Å². The van der Waals surface area contributed by atoms with Crippen LogP contribution in [0.5, 0.6) is 5.75 Å². The van der Waals surface area contributed by atoms with Crippen molar-refractivity contribution in [2.75, 3.05) is 7.11 Å². The van der Waals surface area contributed by atoms with Crippen LogP contribution in [0.2, 0.25) is 0 Å². The molecule has 0 heterocycles. The normalized spacial score (nSPS) is 12.3. The predicted octanol–water partition coefficient (Wildman–Crippen LogP) is 3.50. The van der Waals surface area contributed by atoms with Gasteiger partial charge in [0.1, 0.15) is 29.3 Å². The average molecular weight is 282 g/mol. The highest BCUT2D eigenvalue weighted by molar-refractivity contribution is 5.38. The Morgan fingerprint density at radius 3 is 2.15 bits per heavy atom. The van der Waals surface area contributed by atoms with Gasteiger partial charge in [-0.1, -0.05) is 17.7 Å². The van der Waals surface area contributed by atoms with Crippen LogP contribution in [0.25, 0.3) is 0 Å². The van der Waals surface area contributed by atoms with Gasteiger partial charge in [0.15, 0.2) is 0 Å². The van der Waals surface area contributed by atoms with Crippen molar-refractivity contribution >= 4 is 0 Å². The molecule has 5 heteroatoms. The molecule has 1 N–H and O–H groups in total. The van der Waals surface area contributed by atoms with Crippen LogP contribution in [0.4, 0.5) is 13.2 Å². The Morgan fingerprint density at radius 2 is 1.60 bits per heavy atom. The molecule has 0 amide bonds. The molecule has 0 aliphatic heterocycles. The van der Waals surface area contributed by atoms with Crippen molar-refractivity contribution < 1.29 is 23.0 Å². The van der Waals surface area contributed by atoms with E-state index in [-0.39, 0.29) is 11.3 Å². The van der Waals surface area contributed by atoms with Crippen LogP contribution in [0.3, 0.4) is 0 Å². The number of rotatable bonds is 3. The van der Waals surface area contributed by atoms with E-state index in [2.05, 4.69) is 0 Å². The average Bonchev–Trinajstić information content (AvgIpc) is 2.40. The molecule has 106 valence electrons. The molecule has 2 aromatic carbocycles. The SMILES string of the molecule is COc1cc(F)c(C(O)c2cc(C)ccc2F)c(F)c1. The van der Waals surface area contributed by atoms with E-state index in [1.807, 2.05) is 0 Å².